The fourth-order valence-electron chi connectivity index (χ4n) is 2.03. The van der Waals surface area contributed by atoms with Gasteiger partial charge in [0.2, 0.25) is 11.5 Å². The number of phenolic OH excluding ortho intramolecular Hbond substituents is 4. The topological polar surface area (TPSA) is 107 Å². The number of carbonyl (C=O) groups excluding carboxylic acids is 1. The molecule has 1 aliphatic rings. The minimum atomic E-state index is -0.524. The Kier molecular flexibility index (Phi) is 2.72. The predicted molar refractivity (Wildman–Crippen MR) is 72.5 cm³/mol. The maximum absolute atomic E-state index is 12.1. The number of carbonyl (C=O) groups is 1. The van der Waals surface area contributed by atoms with E-state index in [1.165, 1.54) is 36.4 Å². The molecule has 1 aliphatic heterocycles. The van der Waals surface area contributed by atoms with E-state index in [0.29, 0.717) is 0 Å². The van der Waals surface area contributed by atoms with E-state index in [1.807, 2.05) is 0 Å². The van der Waals surface area contributed by atoms with Gasteiger partial charge in [-0.3, -0.25) is 4.79 Å². The van der Waals surface area contributed by atoms with Gasteiger partial charge in [0.15, 0.2) is 17.3 Å². The number of benzene rings is 2. The summed E-state index contributed by atoms with van der Waals surface area (Å²) in [6.45, 7) is 0. The van der Waals surface area contributed by atoms with Gasteiger partial charge in [0.25, 0.3) is 0 Å². The van der Waals surface area contributed by atoms with Gasteiger partial charge in [-0.05, 0) is 36.4 Å². The standard InChI is InChI=1S/C15H10O6/c16-8-1-3-10(17)7(5-8)6-12-13(19)9-2-4-11(18)14(20)15(9)21-12/h1-6,16-18,20H/b12-6-. The molecule has 0 spiro atoms. The van der Waals surface area contributed by atoms with Crippen molar-refractivity contribution in [2.24, 2.45) is 0 Å². The molecule has 6 nitrogen and oxygen atoms in total. The Morgan fingerprint density at radius 3 is 2.43 bits per heavy atom. The normalized spacial score (nSPS) is 15.0. The maximum Gasteiger partial charge on any atom is 0.232 e. The predicted octanol–water partition coefficient (Wildman–Crippen LogP) is 2.13. The largest absolute Gasteiger partial charge is 0.508 e. The van der Waals surface area contributed by atoms with Crippen LogP contribution in [-0.4, -0.2) is 26.2 Å². The van der Waals surface area contributed by atoms with Crippen molar-refractivity contribution in [3.05, 3.63) is 47.2 Å². The Balaban J connectivity index is 2.07. The Morgan fingerprint density at radius 1 is 0.952 bits per heavy atom. The average Bonchev–Trinajstić information content (AvgIpc) is 2.76. The molecule has 2 aromatic rings. The van der Waals surface area contributed by atoms with Crippen molar-refractivity contribution >= 4 is 11.9 Å². The fraction of sp³-hybridized carbons (Fsp3) is 0. The van der Waals surface area contributed by atoms with Crippen molar-refractivity contribution < 1.29 is 30.0 Å². The summed E-state index contributed by atoms with van der Waals surface area (Å²) in [6, 6.07) is 6.35. The number of fused-ring (bicyclic) bond motifs is 1. The number of rotatable bonds is 1. The van der Waals surface area contributed by atoms with Crippen LogP contribution in [0.1, 0.15) is 15.9 Å². The van der Waals surface area contributed by atoms with E-state index in [1.54, 1.807) is 0 Å². The lowest BCUT2D eigenvalue weighted by Crippen LogP contribution is -1.98. The lowest BCUT2D eigenvalue weighted by Gasteiger charge is -2.03. The summed E-state index contributed by atoms with van der Waals surface area (Å²) in [5.74, 6) is -1.91. The van der Waals surface area contributed by atoms with Crippen molar-refractivity contribution in [3.63, 3.8) is 0 Å². The van der Waals surface area contributed by atoms with Crippen LogP contribution in [0.2, 0.25) is 0 Å². The Bertz CT molecular complexity index is 791. The molecule has 0 unspecified atom stereocenters. The SMILES string of the molecule is O=C1/C(=C/c2cc(O)ccc2O)Oc2c1ccc(O)c2O. The highest BCUT2D eigenvalue weighted by molar-refractivity contribution is 6.15. The van der Waals surface area contributed by atoms with Crippen LogP contribution < -0.4 is 4.74 Å². The van der Waals surface area contributed by atoms with Crippen molar-refractivity contribution in [2.75, 3.05) is 0 Å². The highest BCUT2D eigenvalue weighted by atomic mass is 16.5. The first-order valence-corrected chi connectivity index (χ1v) is 5.98. The monoisotopic (exact) mass is 286 g/mol. The number of ketones is 1. The number of ether oxygens (including phenoxy) is 1. The van der Waals surface area contributed by atoms with E-state index in [0.717, 1.165) is 0 Å². The molecule has 0 aliphatic carbocycles. The summed E-state index contributed by atoms with van der Waals surface area (Å²) < 4.78 is 5.24. The number of Topliss-reactive ketones (excluding diaryl/α,β-unsaturated/α-hetero) is 1. The number of hydrogen-bond donors (Lipinski definition) is 4. The van der Waals surface area contributed by atoms with Gasteiger partial charge < -0.3 is 25.2 Å². The summed E-state index contributed by atoms with van der Waals surface area (Å²) >= 11 is 0. The molecule has 0 amide bonds. The van der Waals surface area contributed by atoms with Crippen molar-refractivity contribution in [1.29, 1.82) is 0 Å². The molecule has 0 bridgehead atoms. The molecule has 0 saturated carbocycles. The van der Waals surface area contributed by atoms with Crippen molar-refractivity contribution in [2.45, 2.75) is 0 Å². The van der Waals surface area contributed by atoms with Crippen molar-refractivity contribution in [1.82, 2.24) is 0 Å². The molecular weight excluding hydrogens is 276 g/mol. The molecule has 106 valence electrons. The van der Waals surface area contributed by atoms with E-state index >= 15 is 0 Å². The number of hydrogen-bond acceptors (Lipinski definition) is 6. The molecule has 6 heteroatoms. The lowest BCUT2D eigenvalue weighted by atomic mass is 10.1. The van der Waals surface area contributed by atoms with Crippen LogP contribution >= 0.6 is 0 Å². The summed E-state index contributed by atoms with van der Waals surface area (Å²) in [5, 5.41) is 38.1. The maximum atomic E-state index is 12.1. The summed E-state index contributed by atoms with van der Waals surface area (Å²) in [5.41, 5.74) is 0.297. The zero-order valence-electron chi connectivity index (χ0n) is 10.6. The second kappa shape index (κ2) is 4.45. The van der Waals surface area contributed by atoms with E-state index in [9.17, 15) is 25.2 Å². The van der Waals surface area contributed by atoms with Crippen LogP contribution in [-0.2, 0) is 0 Å². The molecule has 21 heavy (non-hydrogen) atoms. The van der Waals surface area contributed by atoms with Gasteiger partial charge in [0, 0.05) is 5.56 Å². The Hall–Kier alpha value is -3.15. The number of allylic oxidation sites excluding steroid dienone is 1. The quantitative estimate of drug-likeness (QED) is 0.363. The van der Waals surface area contributed by atoms with E-state index < -0.39 is 17.3 Å². The molecular formula is C15H10O6. The number of aromatic hydroxyl groups is 4. The third kappa shape index (κ3) is 2.02. The molecule has 0 aromatic heterocycles. The van der Waals surface area contributed by atoms with E-state index in [2.05, 4.69) is 0 Å². The van der Waals surface area contributed by atoms with Gasteiger partial charge >= 0.3 is 0 Å². The lowest BCUT2D eigenvalue weighted by molar-refractivity contribution is 0.101. The zero-order chi connectivity index (χ0) is 15.1. The molecule has 1 heterocycles. The first-order chi connectivity index (χ1) is 9.97. The summed E-state index contributed by atoms with van der Waals surface area (Å²) in [7, 11) is 0. The van der Waals surface area contributed by atoms with Gasteiger partial charge in [-0.15, -0.1) is 0 Å². The van der Waals surface area contributed by atoms with Crippen LogP contribution in [0, 0.1) is 0 Å². The van der Waals surface area contributed by atoms with Crippen LogP contribution in [0.5, 0.6) is 28.7 Å². The Labute approximate surface area is 118 Å². The van der Waals surface area contributed by atoms with E-state index in [4.69, 9.17) is 4.74 Å². The summed E-state index contributed by atoms with van der Waals surface area (Å²) in [6.07, 6.45) is 1.24. The molecule has 0 saturated heterocycles. The average molecular weight is 286 g/mol. The second-order valence-electron chi connectivity index (χ2n) is 4.49. The first-order valence-electron chi connectivity index (χ1n) is 5.98. The Morgan fingerprint density at radius 2 is 1.67 bits per heavy atom. The van der Waals surface area contributed by atoms with Gasteiger partial charge in [-0.1, -0.05) is 0 Å². The third-order valence-electron chi connectivity index (χ3n) is 3.09. The van der Waals surface area contributed by atoms with Gasteiger partial charge in [-0.2, -0.15) is 0 Å². The smallest absolute Gasteiger partial charge is 0.232 e. The second-order valence-corrected chi connectivity index (χ2v) is 4.49. The highest BCUT2D eigenvalue weighted by Crippen LogP contribution is 2.44. The molecule has 0 fully saturated rings. The van der Waals surface area contributed by atoms with Gasteiger partial charge in [0.05, 0.1) is 5.56 Å². The van der Waals surface area contributed by atoms with Gasteiger partial charge in [0.1, 0.15) is 11.5 Å². The van der Waals surface area contributed by atoms with Crippen LogP contribution in [0.15, 0.2) is 36.1 Å². The first kappa shape index (κ1) is 12.9. The van der Waals surface area contributed by atoms with Gasteiger partial charge in [-0.25, -0.2) is 0 Å². The molecule has 3 rings (SSSR count). The number of phenols is 4. The van der Waals surface area contributed by atoms with E-state index in [-0.39, 0.29) is 34.1 Å². The van der Waals surface area contributed by atoms with Crippen LogP contribution in [0.4, 0.5) is 0 Å². The molecule has 0 radical (unpaired) electrons. The zero-order valence-corrected chi connectivity index (χ0v) is 10.6. The molecule has 2 aromatic carbocycles. The summed E-state index contributed by atoms with van der Waals surface area (Å²) in [4.78, 5) is 12.1. The minimum Gasteiger partial charge on any atom is -0.508 e. The molecule has 4 N–H and O–H groups in total. The molecule has 0 atom stereocenters. The highest BCUT2D eigenvalue weighted by Gasteiger charge is 2.31. The van der Waals surface area contributed by atoms with Crippen molar-refractivity contribution in [3.8, 4) is 28.7 Å². The van der Waals surface area contributed by atoms with Crippen LogP contribution in [0.3, 0.4) is 0 Å². The third-order valence-corrected chi connectivity index (χ3v) is 3.09. The minimum absolute atomic E-state index is 0.0805. The van der Waals surface area contributed by atoms with Crippen LogP contribution in [0.25, 0.3) is 6.08 Å². The fourth-order valence-corrected chi connectivity index (χ4v) is 2.03.